The fourth-order valence-electron chi connectivity index (χ4n) is 1.59. The molecule has 0 amide bonds. The van der Waals surface area contributed by atoms with E-state index in [-0.39, 0.29) is 6.04 Å². The second-order valence-electron chi connectivity index (χ2n) is 3.56. The van der Waals surface area contributed by atoms with Gasteiger partial charge in [0, 0.05) is 26.4 Å². The van der Waals surface area contributed by atoms with E-state index in [1.165, 1.54) is 4.88 Å². The van der Waals surface area contributed by atoms with Gasteiger partial charge in [-0.25, -0.2) is 0 Å². The quantitative estimate of drug-likeness (QED) is 0.634. The van der Waals surface area contributed by atoms with Gasteiger partial charge in [0.2, 0.25) is 0 Å². The monoisotopic (exact) mass is 375 g/mol. The van der Waals surface area contributed by atoms with Crippen molar-refractivity contribution in [2.75, 3.05) is 0 Å². The number of thiazole rings is 1. The Morgan fingerprint density at radius 1 is 1.41 bits per heavy atom. The maximum Gasteiger partial charge on any atom is 0.0794 e. The summed E-state index contributed by atoms with van der Waals surface area (Å²) in [7, 11) is 0. The standard InChI is InChI=1S/C11H11Br2N3S/c12-7-1-2-9(10(13)3-7)11(16-14)4-8-5-15-6-17-8/h1-3,5-6,11,16H,4,14H2. The second kappa shape index (κ2) is 6.06. The van der Waals surface area contributed by atoms with E-state index in [9.17, 15) is 0 Å². The van der Waals surface area contributed by atoms with Crippen LogP contribution in [0, 0.1) is 0 Å². The third-order valence-corrected chi connectivity index (χ3v) is 4.41. The Balaban J connectivity index is 2.23. The summed E-state index contributed by atoms with van der Waals surface area (Å²) in [6.45, 7) is 0. The highest BCUT2D eigenvalue weighted by atomic mass is 79.9. The van der Waals surface area contributed by atoms with E-state index in [2.05, 4.69) is 48.3 Å². The number of nitrogens with zero attached hydrogens (tertiary/aromatic N) is 1. The number of nitrogens with two attached hydrogens (primary N) is 1. The SMILES string of the molecule is NNC(Cc1cncs1)c1ccc(Br)cc1Br. The zero-order valence-electron chi connectivity index (χ0n) is 8.86. The van der Waals surface area contributed by atoms with Gasteiger partial charge in [0.1, 0.15) is 0 Å². The molecule has 1 aromatic carbocycles. The van der Waals surface area contributed by atoms with Crippen molar-refractivity contribution in [2.45, 2.75) is 12.5 Å². The normalized spacial score (nSPS) is 12.6. The summed E-state index contributed by atoms with van der Waals surface area (Å²) >= 11 is 8.63. The molecule has 0 bridgehead atoms. The number of benzene rings is 1. The molecule has 2 aromatic rings. The van der Waals surface area contributed by atoms with Gasteiger partial charge in [-0.3, -0.25) is 16.3 Å². The average molecular weight is 377 g/mol. The molecule has 3 N–H and O–H groups in total. The first-order valence-corrected chi connectivity index (χ1v) is 7.45. The molecule has 1 unspecified atom stereocenters. The molecule has 1 heterocycles. The molecule has 0 fully saturated rings. The zero-order chi connectivity index (χ0) is 12.3. The van der Waals surface area contributed by atoms with Crippen LogP contribution in [0.5, 0.6) is 0 Å². The highest BCUT2D eigenvalue weighted by Gasteiger charge is 2.14. The molecule has 17 heavy (non-hydrogen) atoms. The van der Waals surface area contributed by atoms with Gasteiger partial charge < -0.3 is 0 Å². The lowest BCUT2D eigenvalue weighted by Crippen LogP contribution is -2.29. The molecule has 2 rings (SSSR count). The van der Waals surface area contributed by atoms with Crippen LogP contribution in [0.15, 0.2) is 38.9 Å². The van der Waals surface area contributed by atoms with Crippen molar-refractivity contribution in [3.63, 3.8) is 0 Å². The first-order valence-electron chi connectivity index (χ1n) is 4.99. The zero-order valence-corrected chi connectivity index (χ0v) is 12.8. The Hall–Kier alpha value is -0.270. The number of hydrazine groups is 1. The van der Waals surface area contributed by atoms with Gasteiger partial charge >= 0.3 is 0 Å². The predicted molar refractivity (Wildman–Crippen MR) is 77.7 cm³/mol. The molecule has 0 aliphatic rings. The van der Waals surface area contributed by atoms with E-state index in [1.54, 1.807) is 11.3 Å². The third kappa shape index (κ3) is 3.35. The Morgan fingerprint density at radius 2 is 2.24 bits per heavy atom. The van der Waals surface area contributed by atoms with Crippen LogP contribution in [0.2, 0.25) is 0 Å². The molecule has 1 aromatic heterocycles. The molecular formula is C11H11Br2N3S. The van der Waals surface area contributed by atoms with Crippen LogP contribution in [0.3, 0.4) is 0 Å². The van der Waals surface area contributed by atoms with Crippen LogP contribution in [-0.2, 0) is 6.42 Å². The topological polar surface area (TPSA) is 50.9 Å². The predicted octanol–water partition coefficient (Wildman–Crippen LogP) is 3.42. The molecule has 0 aliphatic carbocycles. The minimum atomic E-state index is 0.0814. The van der Waals surface area contributed by atoms with Crippen molar-refractivity contribution in [3.8, 4) is 0 Å². The van der Waals surface area contributed by atoms with Crippen molar-refractivity contribution in [3.05, 3.63) is 49.3 Å². The first-order chi connectivity index (χ1) is 8.20. The van der Waals surface area contributed by atoms with Crippen molar-refractivity contribution < 1.29 is 0 Å². The molecule has 6 heteroatoms. The van der Waals surface area contributed by atoms with E-state index < -0.39 is 0 Å². The lowest BCUT2D eigenvalue weighted by atomic mass is 10.0. The Morgan fingerprint density at radius 3 is 2.82 bits per heavy atom. The number of hydrogen-bond donors (Lipinski definition) is 2. The lowest BCUT2D eigenvalue weighted by Gasteiger charge is -2.17. The molecular weight excluding hydrogens is 366 g/mol. The summed E-state index contributed by atoms with van der Waals surface area (Å²) in [4.78, 5) is 5.28. The van der Waals surface area contributed by atoms with E-state index in [1.807, 2.05) is 23.8 Å². The van der Waals surface area contributed by atoms with Crippen molar-refractivity contribution in [1.82, 2.24) is 10.4 Å². The van der Waals surface area contributed by atoms with Crippen molar-refractivity contribution in [1.29, 1.82) is 0 Å². The van der Waals surface area contributed by atoms with Crippen molar-refractivity contribution in [2.24, 2.45) is 5.84 Å². The molecule has 1 atom stereocenters. The third-order valence-electron chi connectivity index (χ3n) is 2.43. The van der Waals surface area contributed by atoms with Gasteiger partial charge in [-0.1, -0.05) is 37.9 Å². The summed E-state index contributed by atoms with van der Waals surface area (Å²) in [6.07, 6.45) is 2.71. The Kier molecular flexibility index (Phi) is 4.69. The summed E-state index contributed by atoms with van der Waals surface area (Å²) in [5.41, 5.74) is 5.83. The molecule has 0 saturated carbocycles. The number of nitrogens with one attached hydrogen (secondary N) is 1. The molecule has 0 spiro atoms. The maximum atomic E-state index is 5.63. The van der Waals surface area contributed by atoms with Gasteiger partial charge in [-0.15, -0.1) is 11.3 Å². The molecule has 0 radical (unpaired) electrons. The summed E-state index contributed by atoms with van der Waals surface area (Å²) in [5.74, 6) is 5.63. The average Bonchev–Trinajstić information content (AvgIpc) is 2.79. The Bertz CT molecular complexity index is 487. The number of rotatable bonds is 4. The smallest absolute Gasteiger partial charge is 0.0794 e. The van der Waals surface area contributed by atoms with E-state index in [0.29, 0.717) is 0 Å². The van der Waals surface area contributed by atoms with Crippen molar-refractivity contribution >= 4 is 43.2 Å². The number of hydrogen-bond acceptors (Lipinski definition) is 4. The summed E-state index contributed by atoms with van der Waals surface area (Å²) in [5, 5.41) is 0. The Labute approximate surface area is 121 Å². The fourth-order valence-corrected chi connectivity index (χ4v) is 3.55. The van der Waals surface area contributed by atoms with E-state index >= 15 is 0 Å². The fraction of sp³-hybridized carbons (Fsp3) is 0.182. The lowest BCUT2D eigenvalue weighted by molar-refractivity contribution is 0.553. The van der Waals surface area contributed by atoms with Gasteiger partial charge in [0.25, 0.3) is 0 Å². The molecule has 3 nitrogen and oxygen atoms in total. The van der Waals surface area contributed by atoms with E-state index in [4.69, 9.17) is 5.84 Å². The minimum absolute atomic E-state index is 0.0814. The minimum Gasteiger partial charge on any atom is -0.271 e. The molecule has 0 aliphatic heterocycles. The van der Waals surface area contributed by atoms with Crippen LogP contribution in [0.25, 0.3) is 0 Å². The van der Waals surface area contributed by atoms with Crippen LogP contribution >= 0.6 is 43.2 Å². The second-order valence-corrected chi connectivity index (χ2v) is 6.30. The number of halogens is 2. The van der Waals surface area contributed by atoms with Crippen LogP contribution < -0.4 is 11.3 Å². The van der Waals surface area contributed by atoms with Crippen LogP contribution in [-0.4, -0.2) is 4.98 Å². The number of aromatic nitrogens is 1. The largest absolute Gasteiger partial charge is 0.271 e. The molecule has 0 saturated heterocycles. The summed E-state index contributed by atoms with van der Waals surface area (Å²) in [6, 6.07) is 6.17. The van der Waals surface area contributed by atoms with Gasteiger partial charge in [0.05, 0.1) is 11.6 Å². The van der Waals surface area contributed by atoms with Gasteiger partial charge in [0.15, 0.2) is 0 Å². The van der Waals surface area contributed by atoms with E-state index in [0.717, 1.165) is 20.9 Å². The highest BCUT2D eigenvalue weighted by molar-refractivity contribution is 9.11. The van der Waals surface area contributed by atoms with Gasteiger partial charge in [-0.05, 0) is 17.7 Å². The maximum absolute atomic E-state index is 5.63. The first kappa shape index (κ1) is 13.2. The van der Waals surface area contributed by atoms with Gasteiger partial charge in [-0.2, -0.15) is 0 Å². The van der Waals surface area contributed by atoms with Crippen LogP contribution in [0.1, 0.15) is 16.5 Å². The summed E-state index contributed by atoms with van der Waals surface area (Å²) < 4.78 is 2.08. The highest BCUT2D eigenvalue weighted by Crippen LogP contribution is 2.29. The van der Waals surface area contributed by atoms with Crippen LogP contribution in [0.4, 0.5) is 0 Å². The molecule has 90 valence electrons.